The lowest BCUT2D eigenvalue weighted by atomic mass is 10.1. The summed E-state index contributed by atoms with van der Waals surface area (Å²) >= 11 is 0. The van der Waals surface area contributed by atoms with Gasteiger partial charge in [-0.2, -0.15) is 4.98 Å². The Bertz CT molecular complexity index is 1340. The molecule has 0 saturated carbocycles. The molecule has 3 heterocycles. The van der Waals surface area contributed by atoms with E-state index in [0.717, 1.165) is 5.56 Å². The maximum Gasteiger partial charge on any atom is 0.254 e. The second-order valence-corrected chi connectivity index (χ2v) is 9.13. The first kappa shape index (κ1) is 24.4. The van der Waals surface area contributed by atoms with E-state index in [1.165, 1.54) is 5.56 Å². The molecule has 2 aromatic carbocycles. The van der Waals surface area contributed by atoms with Crippen LogP contribution in [0.1, 0.15) is 28.2 Å². The third-order valence-electron chi connectivity index (χ3n) is 6.35. The van der Waals surface area contributed by atoms with Crippen molar-refractivity contribution in [2.45, 2.75) is 26.4 Å². The molecule has 4 aromatic rings. The van der Waals surface area contributed by atoms with E-state index in [0.29, 0.717) is 68.7 Å². The highest BCUT2D eigenvalue weighted by Gasteiger charge is 2.24. The Kier molecular flexibility index (Phi) is 7.36. The number of carbonyl (C=O) groups excluding carboxylic acids is 2. The molecule has 0 aliphatic carbocycles. The van der Waals surface area contributed by atoms with Gasteiger partial charge in [0, 0.05) is 68.4 Å². The van der Waals surface area contributed by atoms with Crippen LogP contribution in [-0.4, -0.2) is 67.5 Å². The van der Waals surface area contributed by atoms with Gasteiger partial charge in [0.15, 0.2) is 0 Å². The van der Waals surface area contributed by atoms with E-state index >= 15 is 0 Å². The molecule has 1 aliphatic rings. The van der Waals surface area contributed by atoms with Crippen LogP contribution < -0.4 is 5.32 Å². The number of rotatable bonds is 8. The first-order valence-electron chi connectivity index (χ1n) is 12.3. The van der Waals surface area contributed by atoms with Gasteiger partial charge in [0.1, 0.15) is 0 Å². The van der Waals surface area contributed by atoms with E-state index in [-0.39, 0.29) is 11.8 Å². The van der Waals surface area contributed by atoms with Gasteiger partial charge in [0.25, 0.3) is 5.91 Å². The molecule has 10 nitrogen and oxygen atoms in total. The fraction of sp³-hybridized carbons (Fsp3) is 0.296. The summed E-state index contributed by atoms with van der Waals surface area (Å²) in [7, 11) is 0. The monoisotopic (exact) mass is 499 g/mol. The van der Waals surface area contributed by atoms with Gasteiger partial charge >= 0.3 is 0 Å². The number of aryl methyl sites for hydroxylation is 2. The molecule has 0 spiro atoms. The predicted molar refractivity (Wildman–Crippen MR) is 138 cm³/mol. The Morgan fingerprint density at radius 2 is 1.86 bits per heavy atom. The molecule has 1 N–H and O–H groups in total. The Balaban J connectivity index is 1.11. The van der Waals surface area contributed by atoms with Crippen LogP contribution in [0.5, 0.6) is 0 Å². The Morgan fingerprint density at radius 3 is 2.62 bits per heavy atom. The third-order valence-corrected chi connectivity index (χ3v) is 6.35. The molecule has 37 heavy (non-hydrogen) atoms. The van der Waals surface area contributed by atoms with Crippen LogP contribution in [0.3, 0.4) is 0 Å². The highest BCUT2D eigenvalue weighted by atomic mass is 16.5. The Labute approximate surface area is 214 Å². The fourth-order valence-corrected chi connectivity index (χ4v) is 4.23. The van der Waals surface area contributed by atoms with Crippen LogP contribution in [0.15, 0.2) is 71.8 Å². The molecule has 190 valence electrons. The molecule has 0 bridgehead atoms. The summed E-state index contributed by atoms with van der Waals surface area (Å²) in [5.41, 5.74) is 3.27. The van der Waals surface area contributed by atoms with E-state index in [4.69, 9.17) is 4.52 Å². The Hall–Kier alpha value is -4.31. The van der Waals surface area contributed by atoms with Crippen LogP contribution in [0.25, 0.3) is 11.4 Å². The van der Waals surface area contributed by atoms with E-state index in [9.17, 15) is 9.59 Å². The Morgan fingerprint density at radius 1 is 1.05 bits per heavy atom. The van der Waals surface area contributed by atoms with Crippen LogP contribution in [0, 0.1) is 6.92 Å². The number of benzene rings is 2. The molecule has 2 aromatic heterocycles. The van der Waals surface area contributed by atoms with Crippen molar-refractivity contribution in [3.63, 3.8) is 0 Å². The third kappa shape index (κ3) is 6.28. The number of nitrogens with zero attached hydrogens (tertiary/aromatic N) is 6. The topological polar surface area (TPSA) is 109 Å². The summed E-state index contributed by atoms with van der Waals surface area (Å²) in [6.45, 7) is 5.74. The highest BCUT2D eigenvalue weighted by Crippen LogP contribution is 2.18. The summed E-state index contributed by atoms with van der Waals surface area (Å²) in [5.74, 6) is 0.983. The van der Waals surface area contributed by atoms with Gasteiger partial charge in [-0.05, 0) is 25.1 Å². The maximum atomic E-state index is 13.1. The van der Waals surface area contributed by atoms with Gasteiger partial charge in [-0.3, -0.25) is 14.5 Å². The second-order valence-electron chi connectivity index (χ2n) is 9.13. The normalized spacial score (nSPS) is 14.0. The summed E-state index contributed by atoms with van der Waals surface area (Å²) in [6, 6.07) is 15.1. The van der Waals surface area contributed by atoms with Crippen molar-refractivity contribution in [3.8, 4) is 11.4 Å². The van der Waals surface area contributed by atoms with E-state index < -0.39 is 0 Å². The van der Waals surface area contributed by atoms with Crippen molar-refractivity contribution < 1.29 is 14.1 Å². The van der Waals surface area contributed by atoms with Gasteiger partial charge in [-0.1, -0.05) is 41.1 Å². The number of anilines is 1. The van der Waals surface area contributed by atoms with Crippen molar-refractivity contribution in [1.82, 2.24) is 29.5 Å². The zero-order chi connectivity index (χ0) is 25.6. The number of imidazole rings is 1. The zero-order valence-electron chi connectivity index (χ0n) is 20.7. The molecule has 1 fully saturated rings. The van der Waals surface area contributed by atoms with Crippen LogP contribution >= 0.6 is 0 Å². The first-order chi connectivity index (χ1) is 18.0. The van der Waals surface area contributed by atoms with Crippen molar-refractivity contribution in [2.75, 3.05) is 31.5 Å². The first-order valence-corrected chi connectivity index (χ1v) is 12.3. The average molecular weight is 500 g/mol. The number of amides is 2. The standard InChI is InChI=1S/C27H29N7O3/c1-20-5-7-21(8-6-20)26-30-25(37-31-26)18-32-13-15-34(16-14-32)27(36)22-3-2-4-23(17-22)29-24(35)9-11-33-12-10-28-19-33/h2-8,10,12,17,19H,9,11,13-16,18H2,1H3,(H,29,35). The van der Waals surface area contributed by atoms with E-state index in [2.05, 4.69) is 25.3 Å². The summed E-state index contributed by atoms with van der Waals surface area (Å²) in [6.07, 6.45) is 5.50. The molecular formula is C27H29N7O3. The van der Waals surface area contributed by atoms with Crippen molar-refractivity contribution in [3.05, 3.63) is 84.3 Å². The predicted octanol–water partition coefficient (Wildman–Crippen LogP) is 3.23. The SMILES string of the molecule is Cc1ccc(-c2noc(CN3CCN(C(=O)c4cccc(NC(=O)CCn5ccnc5)c4)CC3)n2)cc1. The minimum absolute atomic E-state index is 0.0476. The highest BCUT2D eigenvalue weighted by molar-refractivity contribution is 5.97. The minimum Gasteiger partial charge on any atom is -0.338 e. The summed E-state index contributed by atoms with van der Waals surface area (Å²) in [5, 5.41) is 6.98. The molecule has 10 heteroatoms. The van der Waals surface area contributed by atoms with Gasteiger partial charge < -0.3 is 19.3 Å². The average Bonchev–Trinajstić information content (AvgIpc) is 3.61. The molecule has 5 rings (SSSR count). The molecule has 2 amide bonds. The zero-order valence-corrected chi connectivity index (χ0v) is 20.7. The number of aromatic nitrogens is 4. The van der Waals surface area contributed by atoms with Crippen molar-refractivity contribution in [2.24, 2.45) is 0 Å². The molecule has 0 radical (unpaired) electrons. The molecule has 1 saturated heterocycles. The minimum atomic E-state index is -0.113. The largest absolute Gasteiger partial charge is 0.338 e. The van der Waals surface area contributed by atoms with Crippen molar-refractivity contribution in [1.29, 1.82) is 0 Å². The number of piperazine rings is 1. The molecular weight excluding hydrogens is 470 g/mol. The smallest absolute Gasteiger partial charge is 0.254 e. The molecule has 0 unspecified atom stereocenters. The lowest BCUT2D eigenvalue weighted by molar-refractivity contribution is -0.116. The number of hydrogen-bond donors (Lipinski definition) is 1. The lowest BCUT2D eigenvalue weighted by Crippen LogP contribution is -2.48. The van der Waals surface area contributed by atoms with Gasteiger partial charge in [0.05, 0.1) is 12.9 Å². The van der Waals surface area contributed by atoms with Crippen molar-refractivity contribution >= 4 is 17.5 Å². The maximum absolute atomic E-state index is 13.1. The second kappa shape index (κ2) is 11.2. The van der Waals surface area contributed by atoms with Gasteiger partial charge in [-0.25, -0.2) is 4.98 Å². The lowest BCUT2D eigenvalue weighted by Gasteiger charge is -2.34. The van der Waals surface area contributed by atoms with Crippen LogP contribution in [0.2, 0.25) is 0 Å². The van der Waals surface area contributed by atoms with Crippen LogP contribution in [0.4, 0.5) is 5.69 Å². The van der Waals surface area contributed by atoms with Crippen LogP contribution in [-0.2, 0) is 17.9 Å². The van der Waals surface area contributed by atoms with Gasteiger partial charge in [-0.15, -0.1) is 0 Å². The quantitative estimate of drug-likeness (QED) is 0.396. The molecule has 1 aliphatic heterocycles. The fourth-order valence-electron chi connectivity index (χ4n) is 4.23. The van der Waals surface area contributed by atoms with E-state index in [1.807, 2.05) is 46.9 Å². The summed E-state index contributed by atoms with van der Waals surface area (Å²) < 4.78 is 7.30. The number of nitrogens with one attached hydrogen (secondary N) is 1. The summed E-state index contributed by atoms with van der Waals surface area (Å²) in [4.78, 5) is 38.0. The van der Waals surface area contributed by atoms with E-state index in [1.54, 1.807) is 36.8 Å². The number of carbonyl (C=O) groups is 2. The molecule has 0 atom stereocenters. The van der Waals surface area contributed by atoms with Gasteiger partial charge in [0.2, 0.25) is 17.6 Å². The number of hydrogen-bond acceptors (Lipinski definition) is 7.